The van der Waals surface area contributed by atoms with Crippen LogP contribution in [0.3, 0.4) is 0 Å². The Morgan fingerprint density at radius 2 is 1.56 bits per heavy atom. The third-order valence-corrected chi connectivity index (χ3v) is 5.77. The van der Waals surface area contributed by atoms with Crippen molar-refractivity contribution in [3.8, 4) is 22.3 Å². The molecule has 27 heavy (non-hydrogen) atoms. The van der Waals surface area contributed by atoms with E-state index in [4.69, 9.17) is 0 Å². The smallest absolute Gasteiger partial charge is 0.0611 e. The molecule has 1 saturated heterocycles. The van der Waals surface area contributed by atoms with Gasteiger partial charge in [-0.15, -0.1) is 0 Å². The molecule has 0 radical (unpaired) electrons. The molecule has 136 valence electrons. The van der Waals surface area contributed by atoms with Crippen molar-refractivity contribution in [1.82, 2.24) is 5.32 Å². The fourth-order valence-corrected chi connectivity index (χ4v) is 4.40. The number of piperazine rings is 1. The van der Waals surface area contributed by atoms with Gasteiger partial charge in [-0.05, 0) is 40.8 Å². The first-order valence-electron chi connectivity index (χ1n) is 9.90. The minimum Gasteiger partial charge on any atom is -0.383 e. The van der Waals surface area contributed by atoms with Gasteiger partial charge in [0.15, 0.2) is 0 Å². The van der Waals surface area contributed by atoms with E-state index in [9.17, 15) is 0 Å². The molecule has 5 rings (SSSR count). The molecule has 1 fully saturated rings. The summed E-state index contributed by atoms with van der Waals surface area (Å²) in [6.07, 6.45) is 1.18. The summed E-state index contributed by atoms with van der Waals surface area (Å²) in [5, 5.41) is 7.19. The van der Waals surface area contributed by atoms with Crippen molar-refractivity contribution in [2.45, 2.75) is 12.5 Å². The Labute approximate surface area is 161 Å². The highest BCUT2D eigenvalue weighted by Crippen LogP contribution is 2.38. The lowest BCUT2D eigenvalue weighted by Crippen LogP contribution is -2.51. The van der Waals surface area contributed by atoms with E-state index >= 15 is 0 Å². The normalized spacial score (nSPS) is 18.8. The monoisotopic (exact) mass is 355 g/mol. The van der Waals surface area contributed by atoms with Gasteiger partial charge in [0.2, 0.25) is 0 Å². The predicted octanol–water partition coefficient (Wildman–Crippen LogP) is 4.61. The maximum atomic E-state index is 3.64. The van der Waals surface area contributed by atoms with Crippen molar-refractivity contribution in [2.24, 2.45) is 0 Å². The van der Waals surface area contributed by atoms with Crippen LogP contribution in [0.15, 0.2) is 72.8 Å². The molecule has 1 unspecified atom stereocenters. The van der Waals surface area contributed by atoms with Crippen LogP contribution in [0, 0.1) is 0 Å². The van der Waals surface area contributed by atoms with Gasteiger partial charge in [0, 0.05) is 32.2 Å². The average molecular weight is 355 g/mol. The third-order valence-electron chi connectivity index (χ3n) is 5.77. The highest BCUT2D eigenvalue weighted by Gasteiger charge is 2.27. The van der Waals surface area contributed by atoms with Crippen molar-refractivity contribution in [3.63, 3.8) is 0 Å². The van der Waals surface area contributed by atoms with E-state index < -0.39 is 0 Å². The largest absolute Gasteiger partial charge is 0.383 e. The fraction of sp³-hybridized carbons (Fsp3) is 0.250. The Morgan fingerprint density at radius 1 is 0.778 bits per heavy atom. The molecule has 3 aromatic rings. The second-order valence-corrected chi connectivity index (χ2v) is 7.41. The van der Waals surface area contributed by atoms with E-state index in [0.717, 1.165) is 26.2 Å². The summed E-state index contributed by atoms with van der Waals surface area (Å²) >= 11 is 0. The second kappa shape index (κ2) is 7.09. The summed E-state index contributed by atoms with van der Waals surface area (Å²) < 4.78 is 0. The summed E-state index contributed by atoms with van der Waals surface area (Å²) in [5.41, 5.74) is 7.74. The standard InChI is InChI=1S/C24H25N3/c1-2-6-18(7-3-1)21-8-4-5-9-22(21)19-10-11-23-24(16-19)27-15-14-25-17-20(27)12-13-26-23/h1-11,16,20,25-26H,12-15,17H2. The summed E-state index contributed by atoms with van der Waals surface area (Å²) in [7, 11) is 0. The molecule has 0 aromatic heterocycles. The summed E-state index contributed by atoms with van der Waals surface area (Å²) in [5.74, 6) is 0. The molecule has 2 heterocycles. The Hall–Kier alpha value is -2.78. The van der Waals surface area contributed by atoms with Gasteiger partial charge < -0.3 is 15.5 Å². The highest BCUT2D eigenvalue weighted by atomic mass is 15.2. The van der Waals surface area contributed by atoms with E-state index in [1.807, 2.05) is 0 Å². The van der Waals surface area contributed by atoms with Crippen LogP contribution in [0.25, 0.3) is 22.3 Å². The lowest BCUT2D eigenvalue weighted by atomic mass is 9.94. The maximum absolute atomic E-state index is 3.64. The zero-order valence-corrected chi connectivity index (χ0v) is 15.5. The number of nitrogens with one attached hydrogen (secondary N) is 2. The number of nitrogens with zero attached hydrogens (tertiary/aromatic N) is 1. The maximum Gasteiger partial charge on any atom is 0.0611 e. The van der Waals surface area contributed by atoms with E-state index in [1.54, 1.807) is 0 Å². The van der Waals surface area contributed by atoms with Gasteiger partial charge in [-0.3, -0.25) is 0 Å². The topological polar surface area (TPSA) is 27.3 Å². The number of rotatable bonds is 2. The minimum absolute atomic E-state index is 0.576. The minimum atomic E-state index is 0.576. The lowest BCUT2D eigenvalue weighted by molar-refractivity contribution is 0.466. The first kappa shape index (κ1) is 16.4. The van der Waals surface area contributed by atoms with Gasteiger partial charge in [-0.1, -0.05) is 60.7 Å². The molecular weight excluding hydrogens is 330 g/mol. The summed E-state index contributed by atoms with van der Waals surface area (Å²) in [6.45, 7) is 4.24. The molecule has 2 aliphatic heterocycles. The fourth-order valence-electron chi connectivity index (χ4n) is 4.40. The van der Waals surface area contributed by atoms with Crippen LogP contribution in [0.2, 0.25) is 0 Å². The molecule has 2 N–H and O–H groups in total. The lowest BCUT2D eigenvalue weighted by Gasteiger charge is -2.37. The van der Waals surface area contributed by atoms with Crippen LogP contribution < -0.4 is 15.5 Å². The van der Waals surface area contributed by atoms with Crippen LogP contribution in [-0.4, -0.2) is 32.2 Å². The number of hydrogen-bond acceptors (Lipinski definition) is 3. The highest BCUT2D eigenvalue weighted by molar-refractivity contribution is 5.87. The van der Waals surface area contributed by atoms with E-state index in [-0.39, 0.29) is 0 Å². The van der Waals surface area contributed by atoms with Crippen LogP contribution >= 0.6 is 0 Å². The Bertz CT molecular complexity index is 935. The second-order valence-electron chi connectivity index (χ2n) is 7.41. The van der Waals surface area contributed by atoms with Gasteiger partial charge >= 0.3 is 0 Å². The van der Waals surface area contributed by atoms with Crippen LogP contribution in [0.5, 0.6) is 0 Å². The van der Waals surface area contributed by atoms with E-state index in [1.165, 1.54) is 40.0 Å². The van der Waals surface area contributed by atoms with Gasteiger partial charge in [-0.2, -0.15) is 0 Å². The van der Waals surface area contributed by atoms with Crippen molar-refractivity contribution >= 4 is 11.4 Å². The molecule has 0 amide bonds. The molecular formula is C24H25N3. The third kappa shape index (κ3) is 3.08. The van der Waals surface area contributed by atoms with E-state index in [0.29, 0.717) is 6.04 Å². The number of benzene rings is 3. The Morgan fingerprint density at radius 3 is 2.41 bits per heavy atom. The predicted molar refractivity (Wildman–Crippen MR) is 114 cm³/mol. The summed E-state index contributed by atoms with van der Waals surface area (Å²) in [4.78, 5) is 2.60. The number of fused-ring (bicyclic) bond motifs is 3. The molecule has 0 spiro atoms. The molecule has 1 atom stereocenters. The molecule has 2 aliphatic rings. The van der Waals surface area contributed by atoms with Crippen molar-refractivity contribution in [1.29, 1.82) is 0 Å². The quantitative estimate of drug-likeness (QED) is 0.703. The Kier molecular flexibility index (Phi) is 4.30. The van der Waals surface area contributed by atoms with Gasteiger partial charge in [0.1, 0.15) is 0 Å². The SMILES string of the molecule is c1ccc(-c2ccccc2-c2ccc3c(c2)N2CCNCC2CCN3)cc1. The molecule has 0 aliphatic carbocycles. The molecule has 3 heteroatoms. The van der Waals surface area contributed by atoms with E-state index in [2.05, 4.69) is 88.3 Å². The van der Waals surface area contributed by atoms with Crippen LogP contribution in [0.1, 0.15) is 6.42 Å². The van der Waals surface area contributed by atoms with Crippen molar-refractivity contribution < 1.29 is 0 Å². The first-order chi connectivity index (χ1) is 13.4. The zero-order chi connectivity index (χ0) is 18.1. The van der Waals surface area contributed by atoms with Gasteiger partial charge in [0.05, 0.1) is 11.4 Å². The average Bonchev–Trinajstić information content (AvgIpc) is 2.93. The summed E-state index contributed by atoms with van der Waals surface area (Å²) in [6, 6.07) is 26.9. The Balaban J connectivity index is 1.61. The zero-order valence-electron chi connectivity index (χ0n) is 15.5. The van der Waals surface area contributed by atoms with Crippen molar-refractivity contribution in [3.05, 3.63) is 72.8 Å². The van der Waals surface area contributed by atoms with Crippen molar-refractivity contribution in [2.75, 3.05) is 36.4 Å². The molecule has 0 saturated carbocycles. The molecule has 3 nitrogen and oxygen atoms in total. The van der Waals surface area contributed by atoms with Crippen LogP contribution in [0.4, 0.5) is 11.4 Å². The number of anilines is 2. The molecule has 3 aromatic carbocycles. The first-order valence-corrected chi connectivity index (χ1v) is 9.90. The van der Waals surface area contributed by atoms with Gasteiger partial charge in [-0.25, -0.2) is 0 Å². The van der Waals surface area contributed by atoms with Crippen LogP contribution in [-0.2, 0) is 0 Å². The molecule has 0 bridgehead atoms. The number of hydrogen-bond donors (Lipinski definition) is 2. The van der Waals surface area contributed by atoms with Gasteiger partial charge in [0.25, 0.3) is 0 Å².